The molecule has 0 amide bonds. The number of hydrogen-bond donors (Lipinski definition) is 0. The van der Waals surface area contributed by atoms with Crippen molar-refractivity contribution in [1.29, 1.82) is 0 Å². The number of rotatable bonds is 4. The number of benzene rings is 1. The van der Waals surface area contributed by atoms with Gasteiger partial charge in [0.25, 0.3) is 10.0 Å². The minimum Gasteiger partial charge on any atom is -0.348 e. The van der Waals surface area contributed by atoms with Crippen LogP contribution in [-0.4, -0.2) is 41.2 Å². The molecule has 2 fully saturated rings. The number of hydrogen-bond acceptors (Lipinski definition) is 5. The second-order valence-electron chi connectivity index (χ2n) is 8.20. The first-order valence-corrected chi connectivity index (χ1v) is 11.7. The fourth-order valence-corrected chi connectivity index (χ4v) is 5.93. The zero-order valence-corrected chi connectivity index (χ0v) is 18.0. The van der Waals surface area contributed by atoms with Gasteiger partial charge in [-0.1, -0.05) is 18.2 Å². The standard InChI is InChI=1S/C22H24FN3O4S/c1-25-15-18(14-24-25)17-13-20(21(23)7-9-22(10-8-21)29-11-12-30-22)26(16-17)31(27,28)19-5-3-2-4-6-19/h2-6,13-16H,7-12H2,1H3. The summed E-state index contributed by atoms with van der Waals surface area (Å²) < 4.78 is 57.5. The lowest BCUT2D eigenvalue weighted by atomic mass is 9.80. The van der Waals surface area contributed by atoms with Gasteiger partial charge in [0.05, 0.1) is 30.0 Å². The molecule has 1 spiro atoms. The maximum Gasteiger partial charge on any atom is 0.267 e. The predicted octanol–water partition coefficient (Wildman–Crippen LogP) is 3.61. The Bertz CT molecular complexity index is 1190. The first-order valence-electron chi connectivity index (χ1n) is 10.3. The number of ether oxygens (including phenoxy) is 2. The molecule has 31 heavy (non-hydrogen) atoms. The molecule has 9 heteroatoms. The lowest BCUT2D eigenvalue weighted by Gasteiger charge is -2.39. The first kappa shape index (κ1) is 20.4. The monoisotopic (exact) mass is 445 g/mol. The summed E-state index contributed by atoms with van der Waals surface area (Å²) in [6.07, 6.45) is 5.90. The maximum absolute atomic E-state index is 16.4. The molecule has 0 radical (unpaired) electrons. The van der Waals surface area contributed by atoms with E-state index in [1.807, 2.05) is 0 Å². The second kappa shape index (κ2) is 7.29. The van der Waals surface area contributed by atoms with Crippen LogP contribution in [0.25, 0.3) is 11.1 Å². The van der Waals surface area contributed by atoms with E-state index in [4.69, 9.17) is 9.47 Å². The summed E-state index contributed by atoms with van der Waals surface area (Å²) in [6.45, 7) is 1.01. The lowest BCUT2D eigenvalue weighted by molar-refractivity contribution is -0.195. The third-order valence-corrected chi connectivity index (χ3v) is 7.89. The van der Waals surface area contributed by atoms with Crippen molar-refractivity contribution in [3.63, 3.8) is 0 Å². The molecule has 1 saturated carbocycles. The van der Waals surface area contributed by atoms with E-state index >= 15 is 4.39 Å². The number of halogens is 1. The van der Waals surface area contributed by atoms with E-state index in [1.165, 1.54) is 18.3 Å². The van der Waals surface area contributed by atoms with E-state index < -0.39 is 21.5 Å². The summed E-state index contributed by atoms with van der Waals surface area (Å²) in [5.74, 6) is -0.739. The molecule has 0 bridgehead atoms. The van der Waals surface area contributed by atoms with Crippen molar-refractivity contribution in [1.82, 2.24) is 13.8 Å². The molecule has 1 aliphatic carbocycles. The molecule has 0 N–H and O–H groups in total. The fourth-order valence-electron chi connectivity index (χ4n) is 4.47. The molecule has 2 aliphatic rings. The number of nitrogens with zero attached hydrogens (tertiary/aromatic N) is 3. The molecular formula is C22H24FN3O4S. The summed E-state index contributed by atoms with van der Waals surface area (Å²) in [6, 6.07) is 9.72. The van der Waals surface area contributed by atoms with Crippen LogP contribution in [0.5, 0.6) is 0 Å². The Balaban J connectivity index is 1.60. The lowest BCUT2D eigenvalue weighted by Crippen LogP contribution is -2.41. The van der Waals surface area contributed by atoms with Gasteiger partial charge in [0, 0.05) is 43.4 Å². The zero-order valence-electron chi connectivity index (χ0n) is 17.2. The van der Waals surface area contributed by atoms with Gasteiger partial charge in [-0.3, -0.25) is 4.68 Å². The Hall–Kier alpha value is -2.49. The van der Waals surface area contributed by atoms with Crippen molar-refractivity contribution in [3.05, 3.63) is 60.7 Å². The van der Waals surface area contributed by atoms with E-state index in [0.717, 1.165) is 9.54 Å². The van der Waals surface area contributed by atoms with Gasteiger partial charge in [-0.25, -0.2) is 16.8 Å². The summed E-state index contributed by atoms with van der Waals surface area (Å²) in [4.78, 5) is 0.114. The van der Waals surface area contributed by atoms with E-state index in [1.54, 1.807) is 48.4 Å². The summed E-state index contributed by atoms with van der Waals surface area (Å²) in [7, 11) is -2.20. The summed E-state index contributed by atoms with van der Waals surface area (Å²) in [5, 5.41) is 4.16. The number of alkyl halides is 1. The quantitative estimate of drug-likeness (QED) is 0.613. The molecule has 0 atom stereocenters. The van der Waals surface area contributed by atoms with Crippen molar-refractivity contribution in [2.75, 3.05) is 13.2 Å². The van der Waals surface area contributed by atoms with Crippen LogP contribution in [0.4, 0.5) is 4.39 Å². The van der Waals surface area contributed by atoms with E-state index in [9.17, 15) is 8.42 Å². The van der Waals surface area contributed by atoms with Crippen LogP contribution < -0.4 is 0 Å². The van der Waals surface area contributed by atoms with Gasteiger partial charge in [-0.2, -0.15) is 5.10 Å². The van der Waals surface area contributed by atoms with Crippen LogP contribution >= 0.6 is 0 Å². The van der Waals surface area contributed by atoms with Gasteiger partial charge in [0.15, 0.2) is 11.5 Å². The Labute approximate surface area is 180 Å². The van der Waals surface area contributed by atoms with Crippen molar-refractivity contribution < 1.29 is 22.3 Å². The molecule has 5 rings (SSSR count). The van der Waals surface area contributed by atoms with Crippen LogP contribution in [0.2, 0.25) is 0 Å². The van der Waals surface area contributed by atoms with Crippen LogP contribution in [0, 0.1) is 0 Å². The Morgan fingerprint density at radius 2 is 1.68 bits per heavy atom. The van der Waals surface area contributed by atoms with Crippen molar-refractivity contribution in [3.8, 4) is 11.1 Å². The van der Waals surface area contributed by atoms with Gasteiger partial charge >= 0.3 is 0 Å². The van der Waals surface area contributed by atoms with Gasteiger partial charge < -0.3 is 9.47 Å². The molecular weight excluding hydrogens is 421 g/mol. The molecule has 7 nitrogen and oxygen atoms in total. The molecule has 3 aromatic rings. The average molecular weight is 446 g/mol. The highest BCUT2D eigenvalue weighted by molar-refractivity contribution is 7.90. The van der Waals surface area contributed by atoms with Crippen molar-refractivity contribution in [2.24, 2.45) is 7.05 Å². The van der Waals surface area contributed by atoms with E-state index in [2.05, 4.69) is 5.10 Å². The maximum atomic E-state index is 16.4. The first-order chi connectivity index (χ1) is 14.8. The minimum atomic E-state index is -3.98. The topological polar surface area (TPSA) is 75.3 Å². The normalized spacial score (nSPS) is 20.3. The predicted molar refractivity (Wildman–Crippen MR) is 112 cm³/mol. The van der Waals surface area contributed by atoms with Gasteiger partial charge in [-0.05, 0) is 31.0 Å². The Morgan fingerprint density at radius 3 is 2.29 bits per heavy atom. The van der Waals surface area contributed by atoms with Crippen LogP contribution in [0.15, 0.2) is 59.9 Å². The largest absolute Gasteiger partial charge is 0.348 e. The molecule has 0 unspecified atom stereocenters. The molecule has 1 aliphatic heterocycles. The molecule has 1 saturated heterocycles. The van der Waals surface area contributed by atoms with Crippen LogP contribution in [0.3, 0.4) is 0 Å². The Morgan fingerprint density at radius 1 is 1.00 bits per heavy atom. The van der Waals surface area contributed by atoms with E-state index in [-0.39, 0.29) is 23.4 Å². The number of aryl methyl sites for hydroxylation is 1. The zero-order chi connectivity index (χ0) is 21.7. The third-order valence-electron chi connectivity index (χ3n) is 6.20. The minimum absolute atomic E-state index is 0.114. The van der Waals surface area contributed by atoms with Gasteiger partial charge in [-0.15, -0.1) is 0 Å². The SMILES string of the molecule is Cn1cc(-c2cc(C3(F)CCC4(CC3)OCCO4)n(S(=O)(=O)c3ccccc3)c2)cn1. The van der Waals surface area contributed by atoms with Gasteiger partial charge in [0.2, 0.25) is 0 Å². The molecule has 164 valence electrons. The highest BCUT2D eigenvalue weighted by atomic mass is 32.2. The smallest absolute Gasteiger partial charge is 0.267 e. The van der Waals surface area contributed by atoms with Gasteiger partial charge in [0.1, 0.15) is 0 Å². The summed E-state index contributed by atoms with van der Waals surface area (Å²) >= 11 is 0. The van der Waals surface area contributed by atoms with Crippen molar-refractivity contribution in [2.45, 2.75) is 42.0 Å². The average Bonchev–Trinajstić information content (AvgIpc) is 3.51. The molecule has 2 aromatic heterocycles. The molecule has 1 aromatic carbocycles. The Kier molecular flexibility index (Phi) is 4.80. The summed E-state index contributed by atoms with van der Waals surface area (Å²) in [5.41, 5.74) is -0.358. The second-order valence-corrected chi connectivity index (χ2v) is 10.0. The van der Waals surface area contributed by atoms with Crippen LogP contribution in [-0.2, 0) is 32.2 Å². The highest BCUT2D eigenvalue weighted by Crippen LogP contribution is 2.48. The van der Waals surface area contributed by atoms with Crippen LogP contribution in [0.1, 0.15) is 31.4 Å². The van der Waals surface area contributed by atoms with Crippen molar-refractivity contribution >= 4 is 10.0 Å². The third kappa shape index (κ3) is 3.50. The number of aromatic nitrogens is 3. The highest BCUT2D eigenvalue weighted by Gasteiger charge is 2.49. The molecule has 3 heterocycles. The fraction of sp³-hybridized carbons (Fsp3) is 0.409. The van der Waals surface area contributed by atoms with E-state index in [0.29, 0.717) is 31.6 Å².